The zero-order valence-electron chi connectivity index (χ0n) is 26.9. The molecule has 0 amide bonds. The molecule has 0 spiro atoms. The molecule has 0 radical (unpaired) electrons. The van der Waals surface area contributed by atoms with Crippen LogP contribution >= 0.6 is 0 Å². The second-order valence-corrected chi connectivity index (χ2v) is 13.1. The van der Waals surface area contributed by atoms with Crippen LogP contribution in [0.4, 0.5) is 0 Å². The maximum atomic E-state index is 2.46. The number of rotatable bonds is 4. The van der Waals surface area contributed by atoms with Crippen molar-refractivity contribution in [3.05, 3.63) is 174 Å². The topological polar surface area (TPSA) is 0 Å². The number of aryl methyl sites for hydroxylation is 1. The molecular formula is C47H36. The van der Waals surface area contributed by atoms with Crippen molar-refractivity contribution in [3.8, 4) is 22.3 Å². The van der Waals surface area contributed by atoms with Crippen molar-refractivity contribution in [3.63, 3.8) is 0 Å². The molecule has 7 aromatic carbocycles. The van der Waals surface area contributed by atoms with Gasteiger partial charge in [0.2, 0.25) is 0 Å². The van der Waals surface area contributed by atoms with Crippen LogP contribution in [0.2, 0.25) is 0 Å². The number of fused-ring (bicyclic) bond motifs is 5. The van der Waals surface area contributed by atoms with Crippen molar-refractivity contribution >= 4 is 48.7 Å². The molecule has 0 N–H and O–H groups in total. The van der Waals surface area contributed by atoms with Crippen molar-refractivity contribution in [2.45, 2.75) is 26.7 Å². The molecule has 0 fully saturated rings. The molecule has 0 heteroatoms. The van der Waals surface area contributed by atoms with E-state index >= 15 is 0 Å². The Morgan fingerprint density at radius 3 is 1.89 bits per heavy atom. The van der Waals surface area contributed by atoms with Crippen molar-refractivity contribution in [1.29, 1.82) is 0 Å². The summed E-state index contributed by atoms with van der Waals surface area (Å²) in [6, 6.07) is 45.3. The molecule has 1 unspecified atom stereocenters. The van der Waals surface area contributed by atoms with Gasteiger partial charge in [-0.05, 0) is 125 Å². The van der Waals surface area contributed by atoms with Crippen LogP contribution in [0.5, 0.6) is 0 Å². The molecule has 0 nitrogen and oxygen atoms in total. The van der Waals surface area contributed by atoms with E-state index in [1.807, 2.05) is 0 Å². The molecule has 2 aliphatic rings. The first-order valence-corrected chi connectivity index (χ1v) is 16.9. The summed E-state index contributed by atoms with van der Waals surface area (Å²) in [5, 5.41) is 10.3. The normalized spacial score (nSPS) is 16.0. The molecule has 47 heavy (non-hydrogen) atoms. The minimum Gasteiger partial charge on any atom is -0.0767 e. The van der Waals surface area contributed by atoms with Crippen LogP contribution in [0.15, 0.2) is 163 Å². The summed E-state index contributed by atoms with van der Waals surface area (Å²) in [5.74, 6) is 0.435. The Morgan fingerprint density at radius 2 is 1.21 bits per heavy atom. The molecular weight excluding hydrogens is 565 g/mol. The van der Waals surface area contributed by atoms with Crippen molar-refractivity contribution in [1.82, 2.24) is 0 Å². The first-order valence-electron chi connectivity index (χ1n) is 16.9. The van der Waals surface area contributed by atoms with E-state index in [1.165, 1.54) is 93.2 Å². The van der Waals surface area contributed by atoms with E-state index < -0.39 is 0 Å². The van der Waals surface area contributed by atoms with Gasteiger partial charge >= 0.3 is 0 Å². The maximum Gasteiger partial charge on any atom is 0.00619 e. The van der Waals surface area contributed by atoms with E-state index in [1.54, 1.807) is 0 Å². The van der Waals surface area contributed by atoms with E-state index in [9.17, 15) is 0 Å². The van der Waals surface area contributed by atoms with Crippen LogP contribution in [0.1, 0.15) is 30.9 Å². The summed E-state index contributed by atoms with van der Waals surface area (Å²) in [6.07, 6.45) is 13.6. The van der Waals surface area contributed by atoms with Crippen LogP contribution in [0.25, 0.3) is 70.9 Å². The van der Waals surface area contributed by atoms with Crippen LogP contribution in [-0.2, 0) is 0 Å². The first kappa shape index (κ1) is 27.8. The summed E-state index contributed by atoms with van der Waals surface area (Å²) in [6.45, 7) is 4.68. The van der Waals surface area contributed by atoms with Gasteiger partial charge in [-0.1, -0.05) is 146 Å². The lowest BCUT2D eigenvalue weighted by Crippen LogP contribution is -2.10. The molecule has 2 aliphatic carbocycles. The zero-order chi connectivity index (χ0) is 31.5. The Labute approximate surface area is 276 Å². The van der Waals surface area contributed by atoms with E-state index in [-0.39, 0.29) is 0 Å². The SMILES string of the molecule is CCC1=C(c2ccc3c(-c4ccc5ccccc5c4)c4ccccc4c(-c4ccc5ccccc5c4)c3c2C)CC2C=CC=CC2=C1. The Bertz CT molecular complexity index is 2530. The van der Waals surface area contributed by atoms with Crippen molar-refractivity contribution < 1.29 is 0 Å². The molecule has 224 valence electrons. The lowest BCUT2D eigenvalue weighted by atomic mass is 9.76. The minimum absolute atomic E-state index is 0.435. The third-order valence-corrected chi connectivity index (χ3v) is 10.6. The van der Waals surface area contributed by atoms with Crippen LogP contribution in [-0.4, -0.2) is 0 Å². The number of hydrogen-bond acceptors (Lipinski definition) is 0. The molecule has 0 saturated carbocycles. The summed E-state index contributed by atoms with van der Waals surface area (Å²) < 4.78 is 0. The smallest absolute Gasteiger partial charge is 0.00619 e. The standard InChI is InChI=1S/C47H36/c1-3-31-26-36-16-8-9-17-37(36)29-44(31)40-24-25-43-45(30(40)2)47(39-23-21-33-13-5-7-15-35(33)28-39)42-19-11-10-18-41(42)46(43)38-22-20-32-12-4-6-14-34(32)27-38/h4-28,37H,3,29H2,1-2H3. The molecule has 0 bridgehead atoms. The van der Waals surface area contributed by atoms with Crippen molar-refractivity contribution in [2.24, 2.45) is 5.92 Å². The minimum atomic E-state index is 0.435. The van der Waals surface area contributed by atoms with Gasteiger partial charge in [0.15, 0.2) is 0 Å². The second-order valence-electron chi connectivity index (χ2n) is 13.1. The Morgan fingerprint density at radius 1 is 0.596 bits per heavy atom. The largest absolute Gasteiger partial charge is 0.0767 e. The van der Waals surface area contributed by atoms with Crippen LogP contribution in [0.3, 0.4) is 0 Å². The summed E-state index contributed by atoms with van der Waals surface area (Å²) in [7, 11) is 0. The molecule has 0 aliphatic heterocycles. The first-order chi connectivity index (χ1) is 23.2. The van der Waals surface area contributed by atoms with E-state index in [0.29, 0.717) is 5.92 Å². The Kier molecular flexibility index (Phi) is 6.57. The fraction of sp³-hybridized carbons (Fsp3) is 0.106. The summed E-state index contributed by atoms with van der Waals surface area (Å²) in [5.41, 5.74) is 12.3. The molecule has 7 aromatic rings. The Hall–Kier alpha value is -5.46. The van der Waals surface area contributed by atoms with Gasteiger partial charge in [0.25, 0.3) is 0 Å². The van der Waals surface area contributed by atoms with E-state index in [2.05, 4.69) is 166 Å². The molecule has 0 aromatic heterocycles. The Balaban J connectivity index is 1.41. The van der Waals surface area contributed by atoms with Crippen LogP contribution in [0, 0.1) is 12.8 Å². The van der Waals surface area contributed by atoms with Gasteiger partial charge in [-0.3, -0.25) is 0 Å². The van der Waals surface area contributed by atoms with Crippen LogP contribution < -0.4 is 0 Å². The highest BCUT2D eigenvalue weighted by Crippen LogP contribution is 2.48. The summed E-state index contributed by atoms with van der Waals surface area (Å²) in [4.78, 5) is 0. The second kappa shape index (κ2) is 11.1. The van der Waals surface area contributed by atoms with Gasteiger partial charge < -0.3 is 0 Å². The predicted octanol–water partition coefficient (Wildman–Crippen LogP) is 13.2. The average Bonchev–Trinajstić information content (AvgIpc) is 3.13. The van der Waals surface area contributed by atoms with Gasteiger partial charge in [0.1, 0.15) is 0 Å². The van der Waals surface area contributed by atoms with Crippen molar-refractivity contribution in [2.75, 3.05) is 0 Å². The van der Waals surface area contributed by atoms with Gasteiger partial charge in [-0.15, -0.1) is 0 Å². The fourth-order valence-corrected chi connectivity index (χ4v) is 8.25. The molecule has 9 rings (SSSR count). The lowest BCUT2D eigenvalue weighted by Gasteiger charge is -2.28. The maximum absolute atomic E-state index is 2.46. The third-order valence-electron chi connectivity index (χ3n) is 10.6. The van der Waals surface area contributed by atoms with Gasteiger partial charge in [0, 0.05) is 5.92 Å². The number of hydrogen-bond donors (Lipinski definition) is 0. The molecule has 1 atom stereocenters. The quantitative estimate of drug-likeness (QED) is 0.176. The van der Waals surface area contributed by atoms with E-state index in [4.69, 9.17) is 0 Å². The number of benzene rings is 7. The highest BCUT2D eigenvalue weighted by atomic mass is 14.3. The van der Waals surface area contributed by atoms with Gasteiger partial charge in [-0.2, -0.15) is 0 Å². The molecule has 0 heterocycles. The van der Waals surface area contributed by atoms with Gasteiger partial charge in [0.05, 0.1) is 0 Å². The third kappa shape index (κ3) is 4.51. The fourth-order valence-electron chi connectivity index (χ4n) is 8.25. The number of allylic oxidation sites excluding steroid dienone is 8. The van der Waals surface area contributed by atoms with E-state index in [0.717, 1.165) is 12.8 Å². The zero-order valence-corrected chi connectivity index (χ0v) is 26.9. The van der Waals surface area contributed by atoms with Gasteiger partial charge in [-0.25, -0.2) is 0 Å². The average molecular weight is 601 g/mol. The monoisotopic (exact) mass is 600 g/mol. The highest BCUT2D eigenvalue weighted by molar-refractivity contribution is 6.23. The summed E-state index contributed by atoms with van der Waals surface area (Å²) >= 11 is 0. The lowest BCUT2D eigenvalue weighted by molar-refractivity contribution is 0.780. The molecule has 0 saturated heterocycles. The highest BCUT2D eigenvalue weighted by Gasteiger charge is 2.25. The predicted molar refractivity (Wildman–Crippen MR) is 204 cm³/mol.